The molecule has 1 aliphatic rings. The molecule has 0 saturated heterocycles. The number of amidine groups is 1. The minimum Gasteiger partial charge on any atom is -0.436 e. The molecular formula is C14H12N4O2S. The fourth-order valence-electron chi connectivity index (χ4n) is 1.77. The predicted octanol–water partition coefficient (Wildman–Crippen LogP) is 2.10. The van der Waals surface area contributed by atoms with Gasteiger partial charge in [0.2, 0.25) is 0 Å². The lowest BCUT2D eigenvalue weighted by molar-refractivity contribution is 0.0952. The van der Waals surface area contributed by atoms with Gasteiger partial charge in [0.15, 0.2) is 16.8 Å². The highest BCUT2D eigenvalue weighted by atomic mass is 32.2. The number of amides is 1. The summed E-state index contributed by atoms with van der Waals surface area (Å²) in [5, 5.41) is 11.2. The second-order valence-corrected chi connectivity index (χ2v) is 5.23. The van der Waals surface area contributed by atoms with E-state index in [0.29, 0.717) is 10.9 Å². The van der Waals surface area contributed by atoms with Crippen molar-refractivity contribution in [3.05, 3.63) is 53.8 Å². The van der Waals surface area contributed by atoms with Crippen LogP contribution in [0.4, 0.5) is 5.88 Å². The number of nitrogens with two attached hydrogens (primary N) is 1. The van der Waals surface area contributed by atoms with E-state index in [1.807, 2.05) is 30.3 Å². The zero-order valence-electron chi connectivity index (χ0n) is 10.9. The van der Waals surface area contributed by atoms with Gasteiger partial charge in [-0.3, -0.25) is 10.1 Å². The normalized spacial score (nSPS) is 14.3. The van der Waals surface area contributed by atoms with Crippen molar-refractivity contribution in [1.82, 2.24) is 5.32 Å². The number of furan rings is 1. The lowest BCUT2D eigenvalue weighted by Gasteiger charge is -2.12. The lowest BCUT2D eigenvalue weighted by Crippen LogP contribution is -2.30. The minimum atomic E-state index is -0.392. The van der Waals surface area contributed by atoms with E-state index in [9.17, 15) is 4.79 Å². The molecule has 0 atom stereocenters. The van der Waals surface area contributed by atoms with Gasteiger partial charge in [0.1, 0.15) is 0 Å². The van der Waals surface area contributed by atoms with Crippen LogP contribution < -0.4 is 11.1 Å². The quantitative estimate of drug-likeness (QED) is 0.888. The Morgan fingerprint density at radius 2 is 2.00 bits per heavy atom. The van der Waals surface area contributed by atoms with Crippen LogP contribution in [0.5, 0.6) is 0 Å². The molecule has 21 heavy (non-hydrogen) atoms. The number of nitrogens with zero attached hydrogens (tertiary/aromatic N) is 2. The summed E-state index contributed by atoms with van der Waals surface area (Å²) in [7, 11) is 0. The Kier molecular flexibility index (Phi) is 3.74. The Morgan fingerprint density at radius 3 is 2.62 bits per heavy atom. The Balaban J connectivity index is 1.70. The molecule has 0 spiro atoms. The van der Waals surface area contributed by atoms with Gasteiger partial charge in [0.05, 0.1) is 5.71 Å². The number of thioether (sulfide) groups is 1. The van der Waals surface area contributed by atoms with Crippen molar-refractivity contribution in [3.8, 4) is 0 Å². The molecule has 1 aromatic heterocycles. The van der Waals surface area contributed by atoms with E-state index < -0.39 is 5.91 Å². The van der Waals surface area contributed by atoms with Crippen molar-refractivity contribution in [2.24, 2.45) is 10.2 Å². The second kappa shape index (κ2) is 5.84. The Morgan fingerprint density at radius 1 is 1.19 bits per heavy atom. The monoisotopic (exact) mass is 300 g/mol. The first-order chi connectivity index (χ1) is 10.2. The van der Waals surface area contributed by atoms with Crippen LogP contribution in [-0.4, -0.2) is 22.5 Å². The maximum absolute atomic E-state index is 11.9. The van der Waals surface area contributed by atoms with Crippen LogP contribution in [0.15, 0.2) is 57.1 Å². The van der Waals surface area contributed by atoms with Crippen LogP contribution >= 0.6 is 11.8 Å². The molecule has 0 aliphatic carbocycles. The third-order valence-electron chi connectivity index (χ3n) is 2.79. The Bertz CT molecular complexity index is 722. The van der Waals surface area contributed by atoms with Crippen molar-refractivity contribution in [3.63, 3.8) is 0 Å². The first-order valence-electron chi connectivity index (χ1n) is 6.22. The van der Waals surface area contributed by atoms with Gasteiger partial charge in [-0.2, -0.15) is 5.10 Å². The van der Waals surface area contributed by atoms with E-state index in [4.69, 9.17) is 10.2 Å². The van der Waals surface area contributed by atoms with Crippen LogP contribution in [0.2, 0.25) is 0 Å². The molecule has 7 heteroatoms. The molecule has 106 valence electrons. The van der Waals surface area contributed by atoms with E-state index in [1.165, 1.54) is 23.9 Å². The van der Waals surface area contributed by atoms with Crippen molar-refractivity contribution in [2.75, 3.05) is 11.5 Å². The molecule has 0 fully saturated rings. The number of carbonyl (C=O) groups excluding carboxylic acids is 1. The van der Waals surface area contributed by atoms with Gasteiger partial charge in [-0.05, 0) is 11.6 Å². The van der Waals surface area contributed by atoms with Crippen molar-refractivity contribution < 1.29 is 9.21 Å². The topological polar surface area (TPSA) is 93.0 Å². The number of hydrogen-bond donors (Lipinski definition) is 2. The standard InChI is InChI=1S/C14H12N4O2S/c15-12-7-6-11(20-12)13(19)16-14-18-17-10(8-21-14)9-4-2-1-3-5-9/h1-7H,8,15H2,(H,16,18,19). The Labute approximate surface area is 125 Å². The smallest absolute Gasteiger partial charge is 0.293 e. The van der Waals surface area contributed by atoms with Crippen molar-refractivity contribution >= 4 is 34.4 Å². The number of rotatable bonds is 2. The van der Waals surface area contributed by atoms with Crippen molar-refractivity contribution in [1.29, 1.82) is 0 Å². The first-order valence-corrected chi connectivity index (χ1v) is 7.20. The van der Waals surface area contributed by atoms with Gasteiger partial charge in [-0.15, -0.1) is 5.10 Å². The van der Waals surface area contributed by atoms with Crippen LogP contribution in [0, 0.1) is 0 Å². The molecule has 2 aromatic rings. The average molecular weight is 300 g/mol. The largest absolute Gasteiger partial charge is 0.436 e. The molecule has 3 rings (SSSR count). The molecule has 1 amide bonds. The second-order valence-electron chi connectivity index (χ2n) is 4.26. The van der Waals surface area contributed by atoms with Gasteiger partial charge >= 0.3 is 0 Å². The fourth-order valence-corrected chi connectivity index (χ4v) is 2.53. The number of hydrogen-bond acceptors (Lipinski definition) is 6. The van der Waals surface area contributed by atoms with Gasteiger partial charge in [0, 0.05) is 11.8 Å². The predicted molar refractivity (Wildman–Crippen MR) is 83.5 cm³/mol. The zero-order chi connectivity index (χ0) is 14.7. The highest BCUT2D eigenvalue weighted by Gasteiger charge is 2.17. The van der Waals surface area contributed by atoms with E-state index in [-0.39, 0.29) is 11.6 Å². The summed E-state index contributed by atoms with van der Waals surface area (Å²) in [6.45, 7) is 0. The molecule has 6 nitrogen and oxygen atoms in total. The summed E-state index contributed by atoms with van der Waals surface area (Å²) in [6, 6.07) is 12.8. The highest BCUT2D eigenvalue weighted by Crippen LogP contribution is 2.15. The maximum atomic E-state index is 11.9. The zero-order valence-corrected chi connectivity index (χ0v) is 11.8. The van der Waals surface area contributed by atoms with E-state index in [0.717, 1.165) is 11.3 Å². The molecule has 1 aliphatic heterocycles. The first kappa shape index (κ1) is 13.4. The fraction of sp³-hybridized carbons (Fsp3) is 0.0714. The average Bonchev–Trinajstić information content (AvgIpc) is 2.96. The van der Waals surface area contributed by atoms with Crippen molar-refractivity contribution in [2.45, 2.75) is 0 Å². The summed E-state index contributed by atoms with van der Waals surface area (Å²) in [6.07, 6.45) is 0. The third-order valence-corrected chi connectivity index (χ3v) is 3.66. The van der Waals surface area contributed by atoms with E-state index >= 15 is 0 Å². The molecular weight excluding hydrogens is 288 g/mol. The summed E-state index contributed by atoms with van der Waals surface area (Å²) in [4.78, 5) is 11.9. The van der Waals surface area contributed by atoms with Crippen LogP contribution in [0.1, 0.15) is 16.1 Å². The Hall–Kier alpha value is -2.54. The maximum Gasteiger partial charge on any atom is 0.293 e. The lowest BCUT2D eigenvalue weighted by atomic mass is 10.1. The molecule has 1 aromatic carbocycles. The van der Waals surface area contributed by atoms with Crippen LogP contribution in [0.25, 0.3) is 0 Å². The van der Waals surface area contributed by atoms with Gasteiger partial charge in [-0.25, -0.2) is 0 Å². The highest BCUT2D eigenvalue weighted by molar-refractivity contribution is 8.14. The van der Waals surface area contributed by atoms with Crippen LogP contribution in [0.3, 0.4) is 0 Å². The van der Waals surface area contributed by atoms with E-state index in [2.05, 4.69) is 15.5 Å². The summed E-state index contributed by atoms with van der Waals surface area (Å²) >= 11 is 1.41. The summed E-state index contributed by atoms with van der Waals surface area (Å²) in [5.41, 5.74) is 7.33. The van der Waals surface area contributed by atoms with E-state index in [1.54, 1.807) is 0 Å². The molecule has 0 bridgehead atoms. The van der Waals surface area contributed by atoms with Crippen LogP contribution in [-0.2, 0) is 0 Å². The minimum absolute atomic E-state index is 0.147. The number of nitrogen functional groups attached to an aromatic ring is 1. The summed E-state index contributed by atoms with van der Waals surface area (Å²) < 4.78 is 5.04. The SMILES string of the molecule is Nc1ccc(C(=O)NC2=NN=C(c3ccccc3)CS2)o1. The third kappa shape index (κ3) is 3.14. The molecule has 2 heterocycles. The van der Waals surface area contributed by atoms with Gasteiger partial charge < -0.3 is 10.2 Å². The number of anilines is 1. The summed E-state index contributed by atoms with van der Waals surface area (Å²) in [5.74, 6) is 0.594. The van der Waals surface area contributed by atoms with Gasteiger partial charge in [-0.1, -0.05) is 42.1 Å². The molecule has 0 saturated carbocycles. The van der Waals surface area contributed by atoms with Gasteiger partial charge in [0.25, 0.3) is 5.91 Å². The molecule has 0 unspecified atom stereocenters. The number of benzene rings is 1. The molecule has 0 radical (unpaired) electrons. The number of nitrogens with one attached hydrogen (secondary N) is 1. The molecule has 3 N–H and O–H groups in total. The number of carbonyl (C=O) groups is 1.